The first kappa shape index (κ1) is 25.0. The van der Waals surface area contributed by atoms with Crippen LogP contribution in [0.2, 0.25) is 0 Å². The minimum atomic E-state index is -2.95. The molecule has 2 aromatic rings. The number of nitrogens with zero attached hydrogens (tertiary/aromatic N) is 1. The molecule has 0 bridgehead atoms. The van der Waals surface area contributed by atoms with E-state index in [1.54, 1.807) is 0 Å². The van der Waals surface area contributed by atoms with Crippen molar-refractivity contribution in [1.29, 1.82) is 0 Å². The van der Waals surface area contributed by atoms with Crippen LogP contribution in [0.1, 0.15) is 13.3 Å². The highest BCUT2D eigenvalue weighted by Gasteiger charge is 2.37. The lowest BCUT2D eigenvalue weighted by atomic mass is 9.90. The standard InChI is InChI=1S/C19H18Cl7NSi3/c1-19(12-10-18(11-13-19)30(24,25)26)27(14-2-6-16(28-20)7-3-14)15-4-8-17(9-5-15)29(21,22)23/h2-12H,13,28H2,1H3. The maximum absolute atomic E-state index is 6.21. The number of rotatable bonds is 6. The van der Waals surface area contributed by atoms with Crippen LogP contribution >= 0.6 is 77.6 Å². The first-order chi connectivity index (χ1) is 13.9. The minimum Gasteiger partial charge on any atom is -0.332 e. The quantitative estimate of drug-likeness (QED) is 0.275. The van der Waals surface area contributed by atoms with Gasteiger partial charge in [0.05, 0.1) is 5.54 Å². The molecule has 11 heteroatoms. The molecule has 1 aliphatic carbocycles. The summed E-state index contributed by atoms with van der Waals surface area (Å²) in [5, 5.41) is 2.73. The molecule has 3 rings (SSSR count). The molecule has 0 N–H and O–H groups in total. The number of halogens is 7. The SMILES string of the molecule is CC1(N(c2ccc([SiH2]Cl)cc2)c2ccc([Si](Cl)(Cl)Cl)cc2)C=CC([Si](Cl)(Cl)Cl)=CC1. The van der Waals surface area contributed by atoms with Crippen LogP contribution in [-0.2, 0) is 0 Å². The van der Waals surface area contributed by atoms with Gasteiger partial charge in [-0.3, -0.25) is 0 Å². The van der Waals surface area contributed by atoms with E-state index in [0.717, 1.165) is 21.8 Å². The van der Waals surface area contributed by atoms with Crippen LogP contribution in [0.3, 0.4) is 0 Å². The van der Waals surface area contributed by atoms with Crippen LogP contribution in [0, 0.1) is 0 Å². The lowest BCUT2D eigenvalue weighted by Crippen LogP contribution is -2.43. The van der Waals surface area contributed by atoms with E-state index in [1.165, 1.54) is 5.19 Å². The summed E-state index contributed by atoms with van der Waals surface area (Å²) in [4.78, 5) is 2.25. The fourth-order valence-corrected chi connectivity index (χ4v) is 7.86. The van der Waals surface area contributed by atoms with Gasteiger partial charge >= 0.3 is 12.0 Å². The Kier molecular flexibility index (Phi) is 8.11. The maximum Gasteiger partial charge on any atom is 0.372 e. The first-order valence-electron chi connectivity index (χ1n) is 9.03. The lowest BCUT2D eigenvalue weighted by molar-refractivity contribution is 0.569. The number of hydrogen-bond donors (Lipinski definition) is 0. The van der Waals surface area contributed by atoms with Crippen LogP contribution < -0.4 is 15.3 Å². The first-order valence-corrected chi connectivity index (χ1v) is 21.9. The topological polar surface area (TPSA) is 3.24 Å². The molecule has 0 aromatic heterocycles. The largest absolute Gasteiger partial charge is 0.372 e. The van der Waals surface area contributed by atoms with Gasteiger partial charge in [0.1, 0.15) is 0 Å². The fourth-order valence-electron chi connectivity index (χ4n) is 3.37. The summed E-state index contributed by atoms with van der Waals surface area (Å²) in [6, 6.07) is 10.2. The summed E-state index contributed by atoms with van der Waals surface area (Å²) in [5.41, 5.74) is 1.65. The summed E-state index contributed by atoms with van der Waals surface area (Å²) in [5.74, 6) is 0. The Morgan fingerprint density at radius 1 is 0.833 bits per heavy atom. The molecule has 0 heterocycles. The summed E-state index contributed by atoms with van der Waals surface area (Å²) in [7, 11) is -0.743. The third-order valence-corrected chi connectivity index (χ3v) is 12.6. The van der Waals surface area contributed by atoms with Crippen molar-refractivity contribution in [3.63, 3.8) is 0 Å². The fraction of sp³-hybridized carbons (Fsp3) is 0.158. The van der Waals surface area contributed by atoms with Crippen LogP contribution in [0.25, 0.3) is 0 Å². The summed E-state index contributed by atoms with van der Waals surface area (Å²) < 4.78 is 0. The molecule has 1 atom stereocenters. The van der Waals surface area contributed by atoms with E-state index in [0.29, 0.717) is 6.42 Å². The van der Waals surface area contributed by atoms with Crippen molar-refractivity contribution in [3.05, 3.63) is 72.0 Å². The lowest BCUT2D eigenvalue weighted by Gasteiger charge is -2.42. The molecule has 0 aliphatic heterocycles. The third kappa shape index (κ3) is 5.84. The van der Waals surface area contributed by atoms with Crippen LogP contribution in [0.5, 0.6) is 0 Å². The second-order valence-corrected chi connectivity index (χ2v) is 26.0. The van der Waals surface area contributed by atoms with Gasteiger partial charge in [0, 0.05) is 11.4 Å². The van der Waals surface area contributed by atoms with Gasteiger partial charge < -0.3 is 4.90 Å². The Morgan fingerprint density at radius 2 is 1.37 bits per heavy atom. The van der Waals surface area contributed by atoms with Crippen molar-refractivity contribution in [3.8, 4) is 0 Å². The zero-order chi connectivity index (χ0) is 22.2. The van der Waals surface area contributed by atoms with Gasteiger partial charge in [-0.25, -0.2) is 0 Å². The van der Waals surface area contributed by atoms with Crippen molar-refractivity contribution in [2.75, 3.05) is 4.90 Å². The Bertz CT molecular complexity index is 950. The second-order valence-electron chi connectivity index (χ2n) is 7.23. The molecule has 0 radical (unpaired) electrons. The third-order valence-electron chi connectivity index (χ3n) is 5.00. The van der Waals surface area contributed by atoms with Crippen molar-refractivity contribution in [1.82, 2.24) is 0 Å². The van der Waals surface area contributed by atoms with Gasteiger partial charge in [0.25, 0.3) is 0 Å². The Labute approximate surface area is 214 Å². The molecule has 0 spiro atoms. The summed E-state index contributed by atoms with van der Waals surface area (Å²) >= 11 is 43.2. The zero-order valence-corrected chi connectivity index (χ0v) is 24.6. The average Bonchev–Trinajstić information content (AvgIpc) is 2.68. The van der Waals surface area contributed by atoms with Crippen LogP contribution in [0.4, 0.5) is 11.4 Å². The highest BCUT2D eigenvalue weighted by molar-refractivity contribution is 7.69. The number of hydrogen-bond acceptors (Lipinski definition) is 1. The predicted octanol–water partition coefficient (Wildman–Crippen LogP) is 6.47. The Hall–Kier alpha value is 0.401. The predicted molar refractivity (Wildman–Crippen MR) is 146 cm³/mol. The van der Waals surface area contributed by atoms with Crippen LogP contribution in [0.15, 0.2) is 72.0 Å². The van der Waals surface area contributed by atoms with E-state index in [2.05, 4.69) is 42.2 Å². The van der Waals surface area contributed by atoms with Gasteiger partial charge in [-0.1, -0.05) is 42.5 Å². The Balaban J connectivity index is 2.04. The van der Waals surface area contributed by atoms with Crippen molar-refractivity contribution in [2.24, 2.45) is 0 Å². The molecule has 0 amide bonds. The molecule has 2 aromatic carbocycles. The summed E-state index contributed by atoms with van der Waals surface area (Å²) in [6.07, 6.45) is 6.74. The van der Waals surface area contributed by atoms with E-state index in [-0.39, 0.29) is 5.54 Å². The molecular formula is C19H18Cl7NSi3. The van der Waals surface area contributed by atoms with Gasteiger partial charge in [-0.05, 0) is 53.2 Å². The molecule has 0 saturated heterocycles. The molecule has 0 fully saturated rings. The van der Waals surface area contributed by atoms with E-state index in [9.17, 15) is 0 Å². The van der Waals surface area contributed by atoms with Gasteiger partial charge in [0.15, 0.2) is 8.83 Å². The zero-order valence-electron chi connectivity index (χ0n) is 15.9. The number of anilines is 2. The molecule has 0 saturated carbocycles. The number of benzene rings is 2. The van der Waals surface area contributed by atoms with Crippen molar-refractivity contribution < 1.29 is 0 Å². The highest BCUT2D eigenvalue weighted by Crippen LogP contribution is 2.41. The van der Waals surface area contributed by atoms with E-state index < -0.39 is 20.8 Å². The normalized spacial score (nSPS) is 19.9. The maximum atomic E-state index is 6.21. The molecule has 160 valence electrons. The molecular weight excluding hydrogens is 575 g/mol. The Morgan fingerprint density at radius 3 is 1.77 bits per heavy atom. The van der Waals surface area contributed by atoms with Crippen LogP contribution in [-0.4, -0.2) is 26.4 Å². The van der Waals surface area contributed by atoms with E-state index in [4.69, 9.17) is 77.6 Å². The van der Waals surface area contributed by atoms with Gasteiger partial charge in [-0.2, -0.15) is 11.1 Å². The minimum absolute atomic E-state index is 0.368. The smallest absolute Gasteiger partial charge is 0.332 e. The molecule has 1 aliphatic rings. The van der Waals surface area contributed by atoms with E-state index in [1.807, 2.05) is 36.4 Å². The van der Waals surface area contributed by atoms with Crippen molar-refractivity contribution >= 4 is 120 Å². The molecule has 1 nitrogen and oxygen atoms in total. The highest BCUT2D eigenvalue weighted by atomic mass is 35.8. The monoisotopic (exact) mass is 589 g/mol. The van der Waals surface area contributed by atoms with E-state index >= 15 is 0 Å². The molecule has 1 unspecified atom stereocenters. The van der Waals surface area contributed by atoms with Gasteiger partial charge in [0.2, 0.25) is 0 Å². The second kappa shape index (κ2) is 9.72. The number of allylic oxidation sites excluding steroid dienone is 2. The molecule has 30 heavy (non-hydrogen) atoms. The summed E-state index contributed by atoms with van der Waals surface area (Å²) in [6.45, 7) is 2.15. The van der Waals surface area contributed by atoms with Gasteiger partial charge in [-0.15, -0.1) is 66.5 Å². The average molecular weight is 593 g/mol. The van der Waals surface area contributed by atoms with Crippen molar-refractivity contribution in [2.45, 2.75) is 18.9 Å².